The van der Waals surface area contributed by atoms with E-state index in [0.29, 0.717) is 4.88 Å². The molecule has 6 heteroatoms. The molecule has 2 aromatic heterocycles. The number of amides is 1. The molecule has 2 aromatic rings. The van der Waals surface area contributed by atoms with Gasteiger partial charge >= 0.3 is 0 Å². The van der Waals surface area contributed by atoms with Crippen LogP contribution in [0.3, 0.4) is 0 Å². The van der Waals surface area contributed by atoms with Gasteiger partial charge in [-0.2, -0.15) is 0 Å². The Morgan fingerprint density at radius 3 is 2.63 bits per heavy atom. The first-order valence-corrected chi connectivity index (χ1v) is 7.50. The first-order chi connectivity index (χ1) is 8.90. The molecule has 0 aliphatic heterocycles. The van der Waals surface area contributed by atoms with Crippen LogP contribution in [0.25, 0.3) is 0 Å². The van der Waals surface area contributed by atoms with Crippen molar-refractivity contribution in [3.05, 3.63) is 37.3 Å². The van der Waals surface area contributed by atoms with Crippen LogP contribution >= 0.6 is 27.3 Å². The van der Waals surface area contributed by atoms with Crippen molar-refractivity contribution in [2.45, 2.75) is 33.7 Å². The first-order valence-electron chi connectivity index (χ1n) is 5.89. The predicted molar refractivity (Wildman–Crippen MR) is 78.6 cm³/mol. The number of rotatable bonds is 3. The monoisotopic (exact) mass is 342 g/mol. The van der Waals surface area contributed by atoms with Gasteiger partial charge in [-0.3, -0.25) is 4.79 Å². The third kappa shape index (κ3) is 2.90. The summed E-state index contributed by atoms with van der Waals surface area (Å²) in [5.74, 6) is 0.667. The minimum atomic E-state index is -0.125. The smallest absolute Gasteiger partial charge is 0.261 e. The predicted octanol–water partition coefficient (Wildman–Crippen LogP) is 3.91. The molecule has 1 N–H and O–H groups in total. The van der Waals surface area contributed by atoms with Crippen molar-refractivity contribution >= 4 is 33.2 Å². The third-order valence-corrected chi connectivity index (χ3v) is 5.09. The van der Waals surface area contributed by atoms with Gasteiger partial charge in [-0.15, -0.1) is 11.3 Å². The van der Waals surface area contributed by atoms with Crippen molar-refractivity contribution in [2.24, 2.45) is 0 Å². The zero-order chi connectivity index (χ0) is 14.2. The van der Waals surface area contributed by atoms with E-state index in [1.807, 2.05) is 33.8 Å². The average Bonchev–Trinajstić information content (AvgIpc) is 2.83. The Kier molecular flexibility index (Phi) is 4.10. The Morgan fingerprint density at radius 1 is 1.47 bits per heavy atom. The highest BCUT2D eigenvalue weighted by Gasteiger charge is 2.20. The Morgan fingerprint density at radius 2 is 2.16 bits per heavy atom. The van der Waals surface area contributed by atoms with Gasteiger partial charge in [0, 0.05) is 5.56 Å². The van der Waals surface area contributed by atoms with Crippen LogP contribution in [0.2, 0.25) is 0 Å². The van der Waals surface area contributed by atoms with Crippen LogP contribution in [0.1, 0.15) is 45.2 Å². The molecule has 19 heavy (non-hydrogen) atoms. The van der Waals surface area contributed by atoms with Gasteiger partial charge in [-0.25, -0.2) is 0 Å². The molecule has 0 radical (unpaired) electrons. The van der Waals surface area contributed by atoms with Gasteiger partial charge in [-0.05, 0) is 55.3 Å². The topological polar surface area (TPSA) is 55.1 Å². The van der Waals surface area contributed by atoms with E-state index in [0.717, 1.165) is 26.4 Å². The number of carbonyl (C=O) groups excluding carboxylic acids is 1. The molecule has 0 aromatic carbocycles. The fraction of sp³-hybridized carbons (Fsp3) is 0.385. The Bertz CT molecular complexity index is 579. The number of nitrogens with zero attached hydrogens (tertiary/aromatic N) is 1. The summed E-state index contributed by atoms with van der Waals surface area (Å²) < 4.78 is 6.11. The van der Waals surface area contributed by atoms with E-state index >= 15 is 0 Å². The van der Waals surface area contributed by atoms with Gasteiger partial charge in [0.15, 0.2) is 0 Å². The van der Waals surface area contributed by atoms with E-state index in [4.69, 9.17) is 4.52 Å². The molecule has 0 aliphatic carbocycles. The van der Waals surface area contributed by atoms with E-state index < -0.39 is 0 Å². The molecule has 1 unspecified atom stereocenters. The molecule has 2 heterocycles. The number of carbonyl (C=O) groups is 1. The fourth-order valence-electron chi connectivity index (χ4n) is 2.02. The second-order valence-corrected chi connectivity index (χ2v) is 6.87. The lowest BCUT2D eigenvalue weighted by atomic mass is 10.1. The molecule has 102 valence electrons. The molecular weight excluding hydrogens is 328 g/mol. The minimum absolute atomic E-state index is 0.0775. The van der Waals surface area contributed by atoms with Crippen molar-refractivity contribution in [2.75, 3.05) is 0 Å². The highest BCUT2D eigenvalue weighted by molar-refractivity contribution is 9.11. The van der Waals surface area contributed by atoms with Crippen LogP contribution in [-0.2, 0) is 0 Å². The lowest BCUT2D eigenvalue weighted by Crippen LogP contribution is -2.26. The number of nitrogens with one attached hydrogen (secondary N) is 1. The summed E-state index contributed by atoms with van der Waals surface area (Å²) in [7, 11) is 0. The highest BCUT2D eigenvalue weighted by atomic mass is 79.9. The van der Waals surface area contributed by atoms with E-state index in [2.05, 4.69) is 26.4 Å². The number of halogens is 1. The number of aryl methyl sites for hydroxylation is 3. The standard InChI is InChI=1S/C13H15BrN2O2S/c1-6-5-10(19-12(6)14)13(17)15-7(2)11-8(3)16-18-9(11)4/h5,7H,1-4H3,(H,15,17). The van der Waals surface area contributed by atoms with Gasteiger partial charge in [-0.1, -0.05) is 5.16 Å². The quantitative estimate of drug-likeness (QED) is 0.919. The SMILES string of the molecule is Cc1cc(C(=O)NC(C)c2c(C)noc2C)sc1Br. The maximum Gasteiger partial charge on any atom is 0.261 e. The Labute approximate surface area is 124 Å². The van der Waals surface area contributed by atoms with E-state index in [1.165, 1.54) is 11.3 Å². The second-order valence-electron chi connectivity index (χ2n) is 4.50. The van der Waals surface area contributed by atoms with Crippen molar-refractivity contribution in [1.82, 2.24) is 10.5 Å². The van der Waals surface area contributed by atoms with Crippen molar-refractivity contribution in [3.8, 4) is 0 Å². The maximum absolute atomic E-state index is 12.2. The van der Waals surface area contributed by atoms with Crippen molar-refractivity contribution < 1.29 is 9.32 Å². The van der Waals surface area contributed by atoms with Crippen LogP contribution < -0.4 is 5.32 Å². The van der Waals surface area contributed by atoms with Crippen molar-refractivity contribution in [3.63, 3.8) is 0 Å². The van der Waals surface area contributed by atoms with Crippen molar-refractivity contribution in [1.29, 1.82) is 0 Å². The zero-order valence-electron chi connectivity index (χ0n) is 11.2. The molecular formula is C13H15BrN2O2S. The van der Waals surface area contributed by atoms with Gasteiger partial charge in [0.1, 0.15) is 5.76 Å². The lowest BCUT2D eigenvalue weighted by Gasteiger charge is -2.12. The highest BCUT2D eigenvalue weighted by Crippen LogP contribution is 2.28. The normalized spacial score (nSPS) is 12.5. The Hall–Kier alpha value is -1.14. The lowest BCUT2D eigenvalue weighted by molar-refractivity contribution is 0.0943. The molecule has 0 saturated heterocycles. The summed E-state index contributed by atoms with van der Waals surface area (Å²) in [6, 6.07) is 1.75. The average molecular weight is 343 g/mol. The molecule has 1 atom stereocenters. The van der Waals surface area contributed by atoms with E-state index in [1.54, 1.807) is 0 Å². The van der Waals surface area contributed by atoms with Gasteiger partial charge in [0.2, 0.25) is 0 Å². The summed E-state index contributed by atoms with van der Waals surface area (Å²) in [5, 5.41) is 6.88. The van der Waals surface area contributed by atoms with E-state index in [-0.39, 0.29) is 11.9 Å². The number of aromatic nitrogens is 1. The number of thiophene rings is 1. The molecule has 0 saturated carbocycles. The summed E-state index contributed by atoms with van der Waals surface area (Å²) in [4.78, 5) is 12.9. The third-order valence-electron chi connectivity index (χ3n) is 2.95. The maximum atomic E-state index is 12.2. The van der Waals surface area contributed by atoms with Crippen LogP contribution in [0.15, 0.2) is 14.4 Å². The Balaban J connectivity index is 2.15. The molecule has 0 fully saturated rings. The zero-order valence-corrected chi connectivity index (χ0v) is 13.6. The van der Waals surface area contributed by atoms with Gasteiger partial charge in [0.25, 0.3) is 5.91 Å². The molecule has 4 nitrogen and oxygen atoms in total. The largest absolute Gasteiger partial charge is 0.361 e. The van der Waals surface area contributed by atoms with Crippen LogP contribution in [-0.4, -0.2) is 11.1 Å². The first kappa shape index (κ1) is 14.3. The summed E-state index contributed by atoms with van der Waals surface area (Å²) in [6.45, 7) is 7.62. The van der Waals surface area contributed by atoms with Gasteiger partial charge < -0.3 is 9.84 Å². The summed E-state index contributed by atoms with van der Waals surface area (Å²) in [6.07, 6.45) is 0. The van der Waals surface area contributed by atoms with Crippen LogP contribution in [0, 0.1) is 20.8 Å². The van der Waals surface area contributed by atoms with Crippen LogP contribution in [0.4, 0.5) is 0 Å². The molecule has 0 bridgehead atoms. The molecule has 0 spiro atoms. The number of hydrogen-bond acceptors (Lipinski definition) is 4. The van der Waals surface area contributed by atoms with E-state index in [9.17, 15) is 4.79 Å². The number of hydrogen-bond donors (Lipinski definition) is 1. The summed E-state index contributed by atoms with van der Waals surface area (Å²) in [5.41, 5.74) is 2.83. The fourth-order valence-corrected chi connectivity index (χ4v) is 3.46. The molecule has 0 aliphatic rings. The minimum Gasteiger partial charge on any atom is -0.361 e. The second kappa shape index (κ2) is 5.46. The molecule has 2 rings (SSSR count). The van der Waals surface area contributed by atoms with Crippen LogP contribution in [0.5, 0.6) is 0 Å². The summed E-state index contributed by atoms with van der Waals surface area (Å²) >= 11 is 4.86. The molecule has 1 amide bonds. The van der Waals surface area contributed by atoms with Gasteiger partial charge in [0.05, 0.1) is 20.4 Å².